The van der Waals surface area contributed by atoms with Crippen molar-refractivity contribution in [3.8, 4) is 0 Å². The number of nitrogens with zero attached hydrogens (tertiary/aromatic N) is 2. The molecule has 2 saturated heterocycles. The van der Waals surface area contributed by atoms with Crippen molar-refractivity contribution < 1.29 is 13.2 Å². The van der Waals surface area contributed by atoms with E-state index in [-0.39, 0.29) is 5.60 Å². The van der Waals surface area contributed by atoms with E-state index in [0.717, 1.165) is 31.6 Å². The van der Waals surface area contributed by atoms with Gasteiger partial charge in [-0.2, -0.15) is 4.31 Å². The van der Waals surface area contributed by atoms with E-state index >= 15 is 0 Å². The molecule has 2 aliphatic heterocycles. The molecule has 0 amide bonds. The van der Waals surface area contributed by atoms with Crippen LogP contribution in [-0.4, -0.2) is 63.6 Å². The predicted octanol–water partition coefficient (Wildman–Crippen LogP) is 1.73. The topological polar surface area (TPSA) is 49.9 Å². The molecule has 2 aliphatic rings. The van der Waals surface area contributed by atoms with Gasteiger partial charge in [-0.3, -0.25) is 0 Å². The molecule has 1 spiro atoms. The quantitative estimate of drug-likeness (QED) is 0.839. The van der Waals surface area contributed by atoms with Gasteiger partial charge < -0.3 is 9.64 Å². The summed E-state index contributed by atoms with van der Waals surface area (Å²) in [5, 5.41) is 0. The molecule has 128 valence electrons. The number of hydrogen-bond acceptors (Lipinski definition) is 4. The summed E-state index contributed by atoms with van der Waals surface area (Å²) in [7, 11) is 0.752. The third-order valence-corrected chi connectivity index (χ3v) is 6.85. The van der Waals surface area contributed by atoms with E-state index in [4.69, 9.17) is 4.74 Å². The van der Waals surface area contributed by atoms with Gasteiger partial charge in [0.1, 0.15) is 0 Å². The van der Waals surface area contributed by atoms with Crippen molar-refractivity contribution in [3.05, 3.63) is 29.8 Å². The van der Waals surface area contributed by atoms with Gasteiger partial charge in [0.15, 0.2) is 0 Å². The molecule has 3 rings (SSSR count). The Balaban J connectivity index is 1.62. The van der Waals surface area contributed by atoms with E-state index in [9.17, 15) is 8.42 Å². The second-order valence-electron chi connectivity index (χ2n) is 7.20. The highest BCUT2D eigenvalue weighted by molar-refractivity contribution is 7.89. The minimum Gasteiger partial charge on any atom is -0.372 e. The van der Waals surface area contributed by atoms with Gasteiger partial charge in [0.25, 0.3) is 0 Å². The number of hydrogen-bond donors (Lipinski definition) is 0. The molecule has 0 aliphatic carbocycles. The first-order valence-corrected chi connectivity index (χ1v) is 9.61. The Kier molecular flexibility index (Phi) is 4.53. The Hall–Kier alpha value is -0.950. The van der Waals surface area contributed by atoms with Crippen LogP contribution in [0.25, 0.3) is 0 Å². The second kappa shape index (κ2) is 6.16. The van der Waals surface area contributed by atoms with Crippen molar-refractivity contribution in [2.75, 3.05) is 40.3 Å². The highest BCUT2D eigenvalue weighted by Gasteiger charge is 2.51. The summed E-state index contributed by atoms with van der Waals surface area (Å²) in [5.41, 5.74) is 0.544. The fraction of sp³-hybridized carbons (Fsp3) is 0.647. The molecule has 23 heavy (non-hydrogen) atoms. The molecule has 1 aromatic carbocycles. The number of aryl methyl sites for hydroxylation is 1. The Labute approximate surface area is 139 Å². The fourth-order valence-corrected chi connectivity index (χ4v) is 5.39. The largest absolute Gasteiger partial charge is 0.372 e. The van der Waals surface area contributed by atoms with Gasteiger partial charge in [0.2, 0.25) is 10.0 Å². The van der Waals surface area contributed by atoms with Crippen LogP contribution in [0.4, 0.5) is 0 Å². The average Bonchev–Trinajstić information content (AvgIpc) is 2.45. The van der Waals surface area contributed by atoms with Crippen molar-refractivity contribution in [1.82, 2.24) is 9.21 Å². The zero-order valence-electron chi connectivity index (χ0n) is 14.2. The molecule has 0 bridgehead atoms. The van der Waals surface area contributed by atoms with Crippen LogP contribution in [0.15, 0.2) is 29.2 Å². The molecule has 0 radical (unpaired) electrons. The number of rotatable bonds is 4. The lowest BCUT2D eigenvalue weighted by atomic mass is 9.84. The van der Waals surface area contributed by atoms with Crippen LogP contribution in [0.3, 0.4) is 0 Å². The summed E-state index contributed by atoms with van der Waals surface area (Å²) in [5.74, 6) is 0.553. The molecule has 0 saturated carbocycles. The SMILES string of the molecule is Cc1ccccc1S(=O)(=O)N1CC2(CC[C@@H](CN(C)C)CO2)C1. The summed E-state index contributed by atoms with van der Waals surface area (Å²) < 4.78 is 33.1. The van der Waals surface area contributed by atoms with E-state index in [0.29, 0.717) is 23.9 Å². The monoisotopic (exact) mass is 338 g/mol. The lowest BCUT2D eigenvalue weighted by molar-refractivity contribution is -0.158. The van der Waals surface area contributed by atoms with Gasteiger partial charge in [-0.1, -0.05) is 18.2 Å². The second-order valence-corrected chi connectivity index (χ2v) is 9.11. The first kappa shape index (κ1) is 16.9. The average molecular weight is 338 g/mol. The van der Waals surface area contributed by atoms with E-state index in [1.807, 2.05) is 19.1 Å². The minimum absolute atomic E-state index is 0.251. The molecule has 2 fully saturated rings. The Morgan fingerprint density at radius 2 is 2.00 bits per heavy atom. The maximum atomic E-state index is 12.7. The summed E-state index contributed by atoms with van der Waals surface area (Å²) >= 11 is 0. The Morgan fingerprint density at radius 3 is 2.57 bits per heavy atom. The molecule has 0 N–H and O–H groups in total. The number of sulfonamides is 1. The Morgan fingerprint density at radius 1 is 1.30 bits per heavy atom. The first-order valence-electron chi connectivity index (χ1n) is 8.17. The lowest BCUT2D eigenvalue weighted by Gasteiger charge is -2.52. The fourth-order valence-electron chi connectivity index (χ4n) is 3.58. The van der Waals surface area contributed by atoms with Crippen LogP contribution in [0, 0.1) is 12.8 Å². The maximum Gasteiger partial charge on any atom is 0.243 e. The van der Waals surface area contributed by atoms with Crippen LogP contribution in [0.5, 0.6) is 0 Å². The van der Waals surface area contributed by atoms with Crippen molar-refractivity contribution in [2.24, 2.45) is 5.92 Å². The van der Waals surface area contributed by atoms with E-state index in [1.165, 1.54) is 0 Å². The van der Waals surface area contributed by atoms with Crippen molar-refractivity contribution in [1.29, 1.82) is 0 Å². The molecule has 1 aromatic rings. The van der Waals surface area contributed by atoms with Gasteiger partial charge in [-0.05, 0) is 51.4 Å². The summed E-state index contributed by atoms with van der Waals surface area (Å²) in [6, 6.07) is 7.16. The van der Waals surface area contributed by atoms with Crippen LogP contribution < -0.4 is 0 Å². The maximum absolute atomic E-state index is 12.7. The molecule has 0 unspecified atom stereocenters. The van der Waals surface area contributed by atoms with Gasteiger partial charge in [-0.25, -0.2) is 8.42 Å². The molecule has 1 atom stereocenters. The first-order chi connectivity index (χ1) is 10.8. The summed E-state index contributed by atoms with van der Waals surface area (Å²) in [6.45, 7) is 4.57. The standard InChI is InChI=1S/C17H26N2O3S/c1-14-6-4-5-7-16(14)23(20,21)19-12-17(13-19)9-8-15(11-22-17)10-18(2)3/h4-7,15H,8-13H2,1-3H3/t15-/m0/s1. The highest BCUT2D eigenvalue weighted by atomic mass is 32.2. The van der Waals surface area contributed by atoms with Gasteiger partial charge >= 0.3 is 0 Å². The van der Waals surface area contributed by atoms with Crippen LogP contribution in [0.1, 0.15) is 18.4 Å². The third kappa shape index (κ3) is 3.31. The summed E-state index contributed by atoms with van der Waals surface area (Å²) in [4.78, 5) is 2.60. The molecule has 5 nitrogen and oxygen atoms in total. The van der Waals surface area contributed by atoms with Crippen molar-refractivity contribution >= 4 is 10.0 Å². The zero-order valence-corrected chi connectivity index (χ0v) is 15.0. The Bertz CT molecular complexity index is 656. The summed E-state index contributed by atoms with van der Waals surface area (Å²) in [6.07, 6.45) is 2.06. The molecule has 0 aromatic heterocycles. The normalized spacial score (nSPS) is 24.8. The van der Waals surface area contributed by atoms with E-state index < -0.39 is 10.0 Å². The van der Waals surface area contributed by atoms with Crippen LogP contribution >= 0.6 is 0 Å². The van der Waals surface area contributed by atoms with Gasteiger partial charge in [-0.15, -0.1) is 0 Å². The van der Waals surface area contributed by atoms with Gasteiger partial charge in [0, 0.05) is 19.6 Å². The van der Waals surface area contributed by atoms with Gasteiger partial charge in [0.05, 0.1) is 17.1 Å². The van der Waals surface area contributed by atoms with Crippen molar-refractivity contribution in [3.63, 3.8) is 0 Å². The zero-order chi connectivity index (χ0) is 16.7. The van der Waals surface area contributed by atoms with E-state index in [1.54, 1.807) is 16.4 Å². The van der Waals surface area contributed by atoms with Crippen molar-refractivity contribution in [2.45, 2.75) is 30.3 Å². The third-order valence-electron chi connectivity index (χ3n) is 4.90. The molecular weight excluding hydrogens is 312 g/mol. The van der Waals surface area contributed by atoms with Crippen LogP contribution in [0.2, 0.25) is 0 Å². The predicted molar refractivity (Wildman–Crippen MR) is 89.9 cm³/mol. The van der Waals surface area contributed by atoms with E-state index in [2.05, 4.69) is 19.0 Å². The minimum atomic E-state index is -3.40. The molecular formula is C17H26N2O3S. The smallest absolute Gasteiger partial charge is 0.243 e. The highest BCUT2D eigenvalue weighted by Crippen LogP contribution is 2.39. The number of benzene rings is 1. The lowest BCUT2D eigenvalue weighted by Crippen LogP contribution is -2.66. The number of ether oxygens (including phenoxy) is 1. The molecule has 2 heterocycles. The molecule has 6 heteroatoms. The van der Waals surface area contributed by atoms with Crippen LogP contribution in [-0.2, 0) is 14.8 Å².